The van der Waals surface area contributed by atoms with Gasteiger partial charge in [0.15, 0.2) is 5.78 Å². The maximum atomic E-state index is 12.5. The minimum absolute atomic E-state index is 0.265. The predicted octanol–water partition coefficient (Wildman–Crippen LogP) is 4.77. The van der Waals surface area contributed by atoms with Crippen molar-refractivity contribution < 1.29 is 14.3 Å². The molecule has 0 bridgehead atoms. The van der Waals surface area contributed by atoms with E-state index in [1.807, 2.05) is 24.3 Å². The van der Waals surface area contributed by atoms with E-state index in [9.17, 15) is 9.59 Å². The van der Waals surface area contributed by atoms with E-state index in [0.29, 0.717) is 15.8 Å². The van der Waals surface area contributed by atoms with Crippen molar-refractivity contribution >= 4 is 35.0 Å². The summed E-state index contributed by atoms with van der Waals surface area (Å²) in [5.41, 5.74) is 1.62. The number of ketones is 1. The van der Waals surface area contributed by atoms with Gasteiger partial charge in [0.2, 0.25) is 0 Å². The summed E-state index contributed by atoms with van der Waals surface area (Å²) in [6.45, 7) is 1.59. The fourth-order valence-corrected chi connectivity index (χ4v) is 3.13. The van der Waals surface area contributed by atoms with Gasteiger partial charge in [-0.05, 0) is 42.3 Å². The standard InChI is InChI=1S/C19H14Cl2O3/c1-11-10-16(22)18(19(23)24-11)17(12-2-6-14(20)7-3-12)13-4-8-15(21)9-5-13/h2-10,17-18H,1H3. The van der Waals surface area contributed by atoms with E-state index in [1.54, 1.807) is 31.2 Å². The fourth-order valence-electron chi connectivity index (χ4n) is 2.88. The van der Waals surface area contributed by atoms with Gasteiger partial charge in [0.05, 0.1) is 0 Å². The molecule has 0 fully saturated rings. The van der Waals surface area contributed by atoms with Gasteiger partial charge in [-0.15, -0.1) is 0 Å². The van der Waals surface area contributed by atoms with E-state index in [0.717, 1.165) is 11.1 Å². The molecule has 1 unspecified atom stereocenters. The Bertz CT molecular complexity index is 762. The number of carbonyl (C=O) groups excluding carboxylic acids is 2. The minimum atomic E-state index is -0.934. The molecule has 0 amide bonds. The maximum Gasteiger partial charge on any atom is 0.322 e. The highest BCUT2D eigenvalue weighted by molar-refractivity contribution is 6.30. The molecule has 0 aliphatic carbocycles. The number of ether oxygens (including phenoxy) is 1. The normalized spacial score (nSPS) is 17.7. The molecule has 1 atom stereocenters. The zero-order valence-electron chi connectivity index (χ0n) is 12.8. The first-order valence-electron chi connectivity index (χ1n) is 7.40. The molecule has 0 aromatic heterocycles. The highest BCUT2D eigenvalue weighted by atomic mass is 35.5. The highest BCUT2D eigenvalue weighted by Crippen LogP contribution is 2.37. The Morgan fingerprint density at radius 3 is 1.75 bits per heavy atom. The Hall–Kier alpha value is -2.10. The Kier molecular flexibility index (Phi) is 4.74. The van der Waals surface area contributed by atoms with E-state index in [1.165, 1.54) is 6.08 Å². The summed E-state index contributed by atoms with van der Waals surface area (Å²) in [6.07, 6.45) is 1.37. The van der Waals surface area contributed by atoms with Crippen LogP contribution < -0.4 is 0 Å². The van der Waals surface area contributed by atoms with Gasteiger partial charge < -0.3 is 4.74 Å². The molecule has 5 heteroatoms. The topological polar surface area (TPSA) is 43.4 Å². The monoisotopic (exact) mass is 360 g/mol. The van der Waals surface area contributed by atoms with Crippen LogP contribution >= 0.6 is 23.2 Å². The zero-order chi connectivity index (χ0) is 17.3. The second-order valence-electron chi connectivity index (χ2n) is 5.64. The van der Waals surface area contributed by atoms with Gasteiger partial charge in [-0.1, -0.05) is 47.5 Å². The van der Waals surface area contributed by atoms with Gasteiger partial charge in [-0.25, -0.2) is 0 Å². The smallest absolute Gasteiger partial charge is 0.322 e. The summed E-state index contributed by atoms with van der Waals surface area (Å²) < 4.78 is 5.19. The summed E-state index contributed by atoms with van der Waals surface area (Å²) in [5.74, 6) is -1.90. The van der Waals surface area contributed by atoms with Crippen molar-refractivity contribution in [3.63, 3.8) is 0 Å². The fraction of sp³-hybridized carbons (Fsp3) is 0.158. The second-order valence-corrected chi connectivity index (χ2v) is 6.51. The average Bonchev–Trinajstić information content (AvgIpc) is 2.53. The Morgan fingerprint density at radius 1 is 0.875 bits per heavy atom. The lowest BCUT2D eigenvalue weighted by molar-refractivity contribution is -0.149. The third kappa shape index (κ3) is 3.37. The number of rotatable bonds is 3. The van der Waals surface area contributed by atoms with E-state index < -0.39 is 17.8 Å². The van der Waals surface area contributed by atoms with Crippen molar-refractivity contribution in [1.82, 2.24) is 0 Å². The Balaban J connectivity index is 2.11. The first-order valence-corrected chi connectivity index (χ1v) is 8.16. The number of carbonyl (C=O) groups is 2. The Labute approximate surface area is 149 Å². The molecule has 1 heterocycles. The lowest BCUT2D eigenvalue weighted by Gasteiger charge is -2.27. The van der Waals surface area contributed by atoms with Crippen LogP contribution in [-0.4, -0.2) is 11.8 Å². The molecule has 3 nitrogen and oxygen atoms in total. The van der Waals surface area contributed by atoms with Gasteiger partial charge in [-0.3, -0.25) is 9.59 Å². The molecule has 1 aliphatic rings. The first-order chi connectivity index (χ1) is 11.5. The van der Waals surface area contributed by atoms with Crippen molar-refractivity contribution in [1.29, 1.82) is 0 Å². The molecular formula is C19H14Cl2O3. The van der Waals surface area contributed by atoms with Crippen LogP contribution in [0.3, 0.4) is 0 Å². The molecule has 1 aliphatic heterocycles. The molecule has 24 heavy (non-hydrogen) atoms. The second kappa shape index (κ2) is 6.80. The molecule has 0 radical (unpaired) electrons. The summed E-state index contributed by atoms with van der Waals surface area (Å²) in [6, 6.07) is 14.2. The molecular weight excluding hydrogens is 347 g/mol. The van der Waals surface area contributed by atoms with Gasteiger partial charge in [0, 0.05) is 22.0 Å². The highest BCUT2D eigenvalue weighted by Gasteiger charge is 2.39. The van der Waals surface area contributed by atoms with Gasteiger partial charge in [-0.2, -0.15) is 0 Å². The maximum absolute atomic E-state index is 12.5. The zero-order valence-corrected chi connectivity index (χ0v) is 14.3. The minimum Gasteiger partial charge on any atom is -0.431 e. The van der Waals surface area contributed by atoms with Crippen LogP contribution in [0.25, 0.3) is 0 Å². The molecule has 0 spiro atoms. The van der Waals surface area contributed by atoms with E-state index >= 15 is 0 Å². The molecule has 122 valence electrons. The summed E-state index contributed by atoms with van der Waals surface area (Å²) in [4.78, 5) is 24.9. The number of hydrogen-bond acceptors (Lipinski definition) is 3. The molecule has 3 rings (SSSR count). The third-order valence-electron chi connectivity index (χ3n) is 3.96. The number of allylic oxidation sites excluding steroid dienone is 2. The Morgan fingerprint density at radius 2 is 1.33 bits per heavy atom. The van der Waals surface area contributed by atoms with Crippen molar-refractivity contribution in [3.8, 4) is 0 Å². The van der Waals surface area contributed by atoms with Crippen LogP contribution in [0.4, 0.5) is 0 Å². The van der Waals surface area contributed by atoms with Crippen LogP contribution in [-0.2, 0) is 14.3 Å². The summed E-state index contributed by atoms with van der Waals surface area (Å²) in [7, 11) is 0. The van der Waals surface area contributed by atoms with Gasteiger partial charge in [0.25, 0.3) is 0 Å². The van der Waals surface area contributed by atoms with E-state index in [4.69, 9.17) is 27.9 Å². The van der Waals surface area contributed by atoms with E-state index in [-0.39, 0.29) is 5.78 Å². The quantitative estimate of drug-likeness (QED) is 0.584. The third-order valence-corrected chi connectivity index (χ3v) is 4.46. The van der Waals surface area contributed by atoms with Crippen molar-refractivity contribution in [2.75, 3.05) is 0 Å². The SMILES string of the molecule is CC1=CC(=O)C(C(c2ccc(Cl)cc2)c2ccc(Cl)cc2)C(=O)O1. The van der Waals surface area contributed by atoms with Crippen LogP contribution in [0, 0.1) is 5.92 Å². The molecule has 2 aromatic carbocycles. The first kappa shape index (κ1) is 16.7. The number of halogens is 2. The van der Waals surface area contributed by atoms with Crippen LogP contribution in [0.5, 0.6) is 0 Å². The number of benzene rings is 2. The van der Waals surface area contributed by atoms with Crippen LogP contribution in [0.15, 0.2) is 60.4 Å². The van der Waals surface area contributed by atoms with Gasteiger partial charge >= 0.3 is 5.97 Å². The predicted molar refractivity (Wildman–Crippen MR) is 93.1 cm³/mol. The summed E-state index contributed by atoms with van der Waals surface area (Å²) >= 11 is 11.9. The van der Waals surface area contributed by atoms with Crippen LogP contribution in [0.2, 0.25) is 10.0 Å². The summed E-state index contributed by atoms with van der Waals surface area (Å²) in [5, 5.41) is 1.17. The molecule has 0 N–H and O–H groups in total. The van der Waals surface area contributed by atoms with Crippen molar-refractivity contribution in [2.24, 2.45) is 5.92 Å². The average molecular weight is 361 g/mol. The van der Waals surface area contributed by atoms with Crippen molar-refractivity contribution in [2.45, 2.75) is 12.8 Å². The molecule has 0 saturated heterocycles. The lowest BCUT2D eigenvalue weighted by Crippen LogP contribution is -2.34. The van der Waals surface area contributed by atoms with E-state index in [2.05, 4.69) is 0 Å². The number of cyclic esters (lactones) is 1. The van der Waals surface area contributed by atoms with Crippen molar-refractivity contribution in [3.05, 3.63) is 81.5 Å². The lowest BCUT2D eigenvalue weighted by atomic mass is 9.78. The van der Waals surface area contributed by atoms with Gasteiger partial charge in [0.1, 0.15) is 11.7 Å². The number of hydrogen-bond donors (Lipinski definition) is 0. The van der Waals surface area contributed by atoms with Crippen LogP contribution in [0.1, 0.15) is 24.0 Å². The molecule has 2 aromatic rings. The molecule has 0 saturated carbocycles. The largest absolute Gasteiger partial charge is 0.431 e. The number of esters is 1.